The Balaban J connectivity index is 0.00000208. The van der Waals surface area contributed by atoms with E-state index in [1.54, 1.807) is 4.31 Å². The van der Waals surface area contributed by atoms with Gasteiger partial charge in [-0.25, -0.2) is 13.2 Å². The Labute approximate surface area is 151 Å². The van der Waals surface area contributed by atoms with Crippen LogP contribution in [-0.2, 0) is 14.8 Å². The zero-order valence-electron chi connectivity index (χ0n) is 13.5. The zero-order chi connectivity index (χ0) is 16.6. The second kappa shape index (κ2) is 7.57. The summed E-state index contributed by atoms with van der Waals surface area (Å²) in [5.74, 6) is -0.359. The third kappa shape index (κ3) is 3.28. The van der Waals surface area contributed by atoms with Crippen LogP contribution in [0.25, 0.3) is 0 Å². The van der Waals surface area contributed by atoms with Crippen molar-refractivity contribution in [2.45, 2.75) is 35.6 Å². The molecule has 2 aliphatic rings. The molecule has 0 saturated carbocycles. The first kappa shape index (κ1) is 19.5. The molecule has 2 saturated heterocycles. The Kier molecular flexibility index (Phi) is 6.14. The number of sulfonamides is 1. The van der Waals surface area contributed by atoms with Gasteiger partial charge in [-0.3, -0.25) is 0 Å². The average Bonchev–Trinajstić information content (AvgIpc) is 3.07. The molecule has 0 aliphatic carbocycles. The highest BCUT2D eigenvalue weighted by atomic mass is 35.5. The Morgan fingerprint density at radius 1 is 1.29 bits per heavy atom. The van der Waals surface area contributed by atoms with E-state index in [4.69, 9.17) is 4.74 Å². The molecule has 1 aromatic heterocycles. The molecule has 0 spiro atoms. The molecule has 24 heavy (non-hydrogen) atoms. The minimum absolute atomic E-state index is 0. The van der Waals surface area contributed by atoms with E-state index in [2.05, 4.69) is 10.1 Å². The van der Waals surface area contributed by atoms with Crippen molar-refractivity contribution in [1.29, 1.82) is 0 Å². The second-order valence-corrected chi connectivity index (χ2v) is 8.76. The first-order valence-electron chi connectivity index (χ1n) is 7.49. The number of ether oxygens (including phenoxy) is 2. The van der Waals surface area contributed by atoms with E-state index >= 15 is 0 Å². The SMILES string of the molecule is COC(=O)c1cc(OC)c(S(=O)(=O)N2C3CCNCC2CC3)s1.Cl. The third-order valence-corrected chi connectivity index (χ3v) is 7.97. The van der Waals surface area contributed by atoms with Crippen LogP contribution in [0.3, 0.4) is 0 Å². The van der Waals surface area contributed by atoms with Gasteiger partial charge in [-0.15, -0.1) is 23.7 Å². The van der Waals surface area contributed by atoms with Crippen molar-refractivity contribution < 1.29 is 22.7 Å². The average molecular weight is 397 g/mol. The number of fused-ring (bicyclic) bond motifs is 2. The van der Waals surface area contributed by atoms with Crippen LogP contribution in [0.4, 0.5) is 0 Å². The molecule has 0 radical (unpaired) electrons. The topological polar surface area (TPSA) is 84.9 Å². The summed E-state index contributed by atoms with van der Waals surface area (Å²) < 4.78 is 37.9. The van der Waals surface area contributed by atoms with Gasteiger partial charge in [0.05, 0.1) is 14.2 Å². The van der Waals surface area contributed by atoms with Crippen molar-refractivity contribution >= 4 is 39.7 Å². The number of methoxy groups -OCH3 is 2. The van der Waals surface area contributed by atoms with Gasteiger partial charge in [-0.05, 0) is 25.8 Å². The lowest BCUT2D eigenvalue weighted by molar-refractivity contribution is 0.0606. The summed E-state index contributed by atoms with van der Waals surface area (Å²) >= 11 is 0.906. The number of rotatable bonds is 4. The quantitative estimate of drug-likeness (QED) is 0.776. The molecule has 2 atom stereocenters. The van der Waals surface area contributed by atoms with Crippen LogP contribution in [0.1, 0.15) is 28.9 Å². The fraction of sp³-hybridized carbons (Fsp3) is 0.643. The summed E-state index contributed by atoms with van der Waals surface area (Å²) in [5, 5.41) is 3.29. The van der Waals surface area contributed by atoms with Crippen LogP contribution in [0.5, 0.6) is 5.75 Å². The fourth-order valence-corrected chi connectivity index (χ4v) is 6.80. The molecule has 136 valence electrons. The van der Waals surface area contributed by atoms with Gasteiger partial charge in [-0.2, -0.15) is 4.31 Å². The van der Waals surface area contributed by atoms with E-state index < -0.39 is 16.0 Å². The van der Waals surface area contributed by atoms with Crippen LogP contribution in [0.2, 0.25) is 0 Å². The molecule has 2 fully saturated rings. The Morgan fingerprint density at radius 3 is 2.67 bits per heavy atom. The smallest absolute Gasteiger partial charge is 0.348 e. The first-order chi connectivity index (χ1) is 11.0. The largest absolute Gasteiger partial charge is 0.494 e. The Bertz CT molecular complexity index is 692. The standard InChI is InChI=1S/C14H20N2O5S2.ClH/c1-20-11-7-12(13(17)21-2)22-14(11)23(18,19)16-9-3-4-10(16)8-15-6-5-9;/h7,9-10,15H,3-6,8H2,1-2H3;1H. The fourth-order valence-electron chi connectivity index (χ4n) is 3.31. The van der Waals surface area contributed by atoms with Gasteiger partial charge < -0.3 is 14.8 Å². The molecule has 2 bridgehead atoms. The molecule has 3 heterocycles. The lowest BCUT2D eigenvalue weighted by Gasteiger charge is -2.26. The highest BCUT2D eigenvalue weighted by Crippen LogP contribution is 2.40. The maximum atomic E-state index is 13.2. The molecule has 2 unspecified atom stereocenters. The zero-order valence-corrected chi connectivity index (χ0v) is 15.9. The van der Waals surface area contributed by atoms with Crippen molar-refractivity contribution in [3.8, 4) is 5.75 Å². The van der Waals surface area contributed by atoms with Gasteiger partial charge in [0.2, 0.25) is 0 Å². The number of esters is 1. The summed E-state index contributed by atoms with van der Waals surface area (Å²) in [6.45, 7) is 1.48. The molecule has 1 aromatic rings. The molecular formula is C14H21ClN2O5S2. The molecule has 1 N–H and O–H groups in total. The van der Waals surface area contributed by atoms with Gasteiger partial charge in [0.15, 0.2) is 9.96 Å². The number of nitrogens with one attached hydrogen (secondary N) is 1. The van der Waals surface area contributed by atoms with E-state index in [-0.39, 0.29) is 39.3 Å². The molecular weight excluding hydrogens is 376 g/mol. The van der Waals surface area contributed by atoms with Gasteiger partial charge in [0.25, 0.3) is 10.0 Å². The minimum atomic E-state index is -3.71. The van der Waals surface area contributed by atoms with E-state index in [1.807, 2.05) is 0 Å². The van der Waals surface area contributed by atoms with Crippen molar-refractivity contribution in [3.05, 3.63) is 10.9 Å². The summed E-state index contributed by atoms with van der Waals surface area (Å²) in [7, 11) is -1.04. The van der Waals surface area contributed by atoms with Crippen LogP contribution in [0.15, 0.2) is 10.3 Å². The van der Waals surface area contributed by atoms with Crippen LogP contribution in [-0.4, -0.2) is 58.1 Å². The molecule has 3 rings (SSSR count). The predicted molar refractivity (Wildman–Crippen MR) is 92.8 cm³/mol. The van der Waals surface area contributed by atoms with Crippen molar-refractivity contribution in [2.75, 3.05) is 27.3 Å². The van der Waals surface area contributed by atoms with E-state index in [9.17, 15) is 13.2 Å². The number of nitrogens with zero attached hydrogens (tertiary/aromatic N) is 1. The highest BCUT2D eigenvalue weighted by Gasteiger charge is 2.45. The van der Waals surface area contributed by atoms with E-state index in [1.165, 1.54) is 20.3 Å². The van der Waals surface area contributed by atoms with Crippen molar-refractivity contribution in [2.24, 2.45) is 0 Å². The number of carbonyl (C=O) groups excluding carboxylic acids is 1. The lowest BCUT2D eigenvalue weighted by atomic mass is 10.1. The van der Waals surface area contributed by atoms with Gasteiger partial charge in [0.1, 0.15) is 4.88 Å². The van der Waals surface area contributed by atoms with Crippen LogP contribution in [0, 0.1) is 0 Å². The summed E-state index contributed by atoms with van der Waals surface area (Å²) in [4.78, 5) is 11.9. The first-order valence-corrected chi connectivity index (χ1v) is 9.75. The summed E-state index contributed by atoms with van der Waals surface area (Å²) in [6.07, 6.45) is 2.53. The Morgan fingerprint density at radius 2 is 2.00 bits per heavy atom. The van der Waals surface area contributed by atoms with E-state index in [0.29, 0.717) is 6.54 Å². The van der Waals surface area contributed by atoms with E-state index in [0.717, 1.165) is 37.1 Å². The second-order valence-electron chi connectivity index (χ2n) is 5.67. The molecule has 10 heteroatoms. The number of hydrogen-bond acceptors (Lipinski definition) is 7. The van der Waals surface area contributed by atoms with Gasteiger partial charge in [-0.1, -0.05) is 0 Å². The molecule has 7 nitrogen and oxygen atoms in total. The van der Waals surface area contributed by atoms with Crippen molar-refractivity contribution in [1.82, 2.24) is 9.62 Å². The Hall–Kier alpha value is -0.870. The maximum Gasteiger partial charge on any atom is 0.348 e. The van der Waals surface area contributed by atoms with Gasteiger partial charge >= 0.3 is 5.97 Å². The highest BCUT2D eigenvalue weighted by molar-refractivity contribution is 7.91. The molecule has 0 aromatic carbocycles. The number of hydrogen-bond donors (Lipinski definition) is 1. The third-order valence-electron chi connectivity index (χ3n) is 4.37. The summed E-state index contributed by atoms with van der Waals surface area (Å²) in [6, 6.07) is 1.40. The molecule has 0 amide bonds. The number of halogens is 1. The maximum absolute atomic E-state index is 13.2. The molecule has 2 aliphatic heterocycles. The normalized spacial score (nSPS) is 24.1. The summed E-state index contributed by atoms with van der Waals surface area (Å²) in [5.41, 5.74) is 0. The monoisotopic (exact) mass is 396 g/mol. The van der Waals surface area contributed by atoms with Crippen LogP contribution < -0.4 is 10.1 Å². The lowest BCUT2D eigenvalue weighted by Crippen LogP contribution is -2.42. The predicted octanol–water partition coefficient (Wildman–Crippen LogP) is 1.48. The minimum Gasteiger partial charge on any atom is -0.494 e. The van der Waals surface area contributed by atoms with Gasteiger partial charge in [0, 0.05) is 24.7 Å². The number of carbonyl (C=O) groups is 1. The van der Waals surface area contributed by atoms with Crippen molar-refractivity contribution in [3.63, 3.8) is 0 Å². The van der Waals surface area contributed by atoms with Crippen LogP contribution >= 0.6 is 23.7 Å². The number of thiophene rings is 1.